The third-order valence-corrected chi connectivity index (χ3v) is 4.30. The van der Waals surface area contributed by atoms with E-state index >= 15 is 0 Å². The van der Waals surface area contributed by atoms with E-state index in [1.807, 2.05) is 50.2 Å². The Balaban J connectivity index is 2.06. The molecule has 0 aliphatic heterocycles. The Hall–Kier alpha value is -2.12. The second-order valence-corrected chi connectivity index (χ2v) is 6.78. The van der Waals surface area contributed by atoms with Gasteiger partial charge in [0.2, 0.25) is 0 Å². The first-order valence-corrected chi connectivity index (χ1v) is 8.17. The smallest absolute Gasteiger partial charge is 0.340 e. The number of nitrogens with zero attached hydrogens (tertiary/aromatic N) is 1. The van der Waals surface area contributed by atoms with Crippen LogP contribution in [0.1, 0.15) is 15.2 Å². The van der Waals surface area contributed by atoms with Gasteiger partial charge in [0.1, 0.15) is 5.00 Å². The quantitative estimate of drug-likeness (QED) is 0.648. The van der Waals surface area contributed by atoms with E-state index in [0.29, 0.717) is 15.7 Å². The fraction of sp³-hybridized carbons (Fsp3) is 0.250. The third-order valence-electron chi connectivity index (χ3n) is 3.13. The topological polar surface area (TPSA) is 53.6 Å². The lowest BCUT2D eigenvalue weighted by molar-refractivity contribution is 0.0602. The molecule has 0 unspecified atom stereocenters. The van der Waals surface area contributed by atoms with Crippen LogP contribution in [-0.2, 0) is 4.74 Å². The predicted molar refractivity (Wildman–Crippen MR) is 101 cm³/mol. The molecule has 2 rings (SSSR count). The molecule has 0 atom stereocenters. The molecule has 7 heteroatoms. The number of esters is 1. The summed E-state index contributed by atoms with van der Waals surface area (Å²) in [6.07, 6.45) is 0. The van der Waals surface area contributed by atoms with Crippen LogP contribution in [0, 0.1) is 6.92 Å². The van der Waals surface area contributed by atoms with Gasteiger partial charge in [0, 0.05) is 30.3 Å². The van der Waals surface area contributed by atoms with Crippen molar-refractivity contribution in [3.8, 4) is 0 Å². The summed E-state index contributed by atoms with van der Waals surface area (Å²) in [6, 6.07) is 9.68. The number of methoxy groups -OCH3 is 1. The molecule has 1 aromatic carbocycles. The molecule has 23 heavy (non-hydrogen) atoms. The molecule has 0 saturated heterocycles. The highest BCUT2D eigenvalue weighted by Crippen LogP contribution is 2.28. The zero-order chi connectivity index (χ0) is 17.0. The van der Waals surface area contributed by atoms with Crippen LogP contribution < -0.4 is 15.5 Å². The van der Waals surface area contributed by atoms with E-state index in [-0.39, 0.29) is 5.97 Å². The molecule has 0 aliphatic carbocycles. The summed E-state index contributed by atoms with van der Waals surface area (Å²) < 4.78 is 4.79. The molecule has 0 fully saturated rings. The number of ether oxygens (including phenoxy) is 1. The van der Waals surface area contributed by atoms with Gasteiger partial charge in [-0.25, -0.2) is 4.79 Å². The van der Waals surface area contributed by atoms with Gasteiger partial charge in [0.05, 0.1) is 12.7 Å². The summed E-state index contributed by atoms with van der Waals surface area (Å²) in [5.74, 6) is -0.380. The zero-order valence-electron chi connectivity index (χ0n) is 13.5. The molecule has 0 aliphatic rings. The Morgan fingerprint density at radius 2 is 1.87 bits per heavy atom. The highest BCUT2D eigenvalue weighted by molar-refractivity contribution is 7.80. The minimum atomic E-state index is -0.380. The van der Waals surface area contributed by atoms with Crippen molar-refractivity contribution < 1.29 is 9.53 Å². The van der Waals surface area contributed by atoms with Crippen molar-refractivity contribution in [2.24, 2.45) is 0 Å². The highest BCUT2D eigenvalue weighted by atomic mass is 32.1. The predicted octanol–water partition coefficient (Wildman–Crippen LogP) is 3.72. The number of carbonyl (C=O) groups excluding carboxylic acids is 1. The average Bonchev–Trinajstić information content (AvgIpc) is 2.87. The minimum absolute atomic E-state index is 0.380. The molecule has 2 N–H and O–H groups in total. The third kappa shape index (κ3) is 4.43. The van der Waals surface area contributed by atoms with Crippen molar-refractivity contribution in [2.45, 2.75) is 6.92 Å². The van der Waals surface area contributed by atoms with Crippen LogP contribution in [0.25, 0.3) is 0 Å². The van der Waals surface area contributed by atoms with Gasteiger partial charge in [-0.05, 0) is 49.5 Å². The number of aryl methyl sites for hydroxylation is 1. The second-order valence-electron chi connectivity index (χ2n) is 5.11. The Morgan fingerprint density at radius 3 is 2.43 bits per heavy atom. The maximum atomic E-state index is 11.8. The molecular weight excluding hydrogens is 330 g/mol. The van der Waals surface area contributed by atoms with E-state index in [9.17, 15) is 4.79 Å². The van der Waals surface area contributed by atoms with E-state index in [1.54, 1.807) is 6.07 Å². The van der Waals surface area contributed by atoms with Crippen LogP contribution in [-0.4, -0.2) is 32.3 Å². The van der Waals surface area contributed by atoms with E-state index in [2.05, 4.69) is 10.6 Å². The molecule has 0 bridgehead atoms. The summed E-state index contributed by atoms with van der Waals surface area (Å²) in [4.78, 5) is 14.8. The molecule has 1 heterocycles. The van der Waals surface area contributed by atoms with Gasteiger partial charge in [-0.15, -0.1) is 11.3 Å². The summed E-state index contributed by atoms with van der Waals surface area (Å²) in [7, 11) is 5.34. The van der Waals surface area contributed by atoms with Crippen LogP contribution in [0.3, 0.4) is 0 Å². The molecule has 0 saturated carbocycles. The maximum Gasteiger partial charge on any atom is 0.340 e. The first-order valence-electron chi connectivity index (χ1n) is 6.95. The number of thiophene rings is 1. The first kappa shape index (κ1) is 17.2. The molecule has 2 aromatic rings. The lowest BCUT2D eigenvalue weighted by Gasteiger charge is -2.14. The first-order chi connectivity index (χ1) is 10.9. The van der Waals surface area contributed by atoms with Gasteiger partial charge >= 0.3 is 5.97 Å². The van der Waals surface area contributed by atoms with Gasteiger partial charge in [-0.2, -0.15) is 0 Å². The van der Waals surface area contributed by atoms with Gasteiger partial charge in [-0.3, -0.25) is 0 Å². The molecule has 0 amide bonds. The average molecular weight is 349 g/mol. The number of hydrogen-bond acceptors (Lipinski definition) is 5. The molecule has 5 nitrogen and oxygen atoms in total. The van der Waals surface area contributed by atoms with Crippen molar-refractivity contribution in [3.05, 3.63) is 40.8 Å². The number of rotatable bonds is 4. The number of anilines is 3. The van der Waals surface area contributed by atoms with Crippen molar-refractivity contribution in [3.63, 3.8) is 0 Å². The van der Waals surface area contributed by atoms with E-state index < -0.39 is 0 Å². The fourth-order valence-corrected chi connectivity index (χ4v) is 3.17. The van der Waals surface area contributed by atoms with E-state index in [0.717, 1.165) is 16.3 Å². The molecule has 122 valence electrons. The van der Waals surface area contributed by atoms with Crippen molar-refractivity contribution in [1.82, 2.24) is 0 Å². The number of carbonyl (C=O) groups is 1. The normalized spacial score (nSPS) is 10.1. The minimum Gasteiger partial charge on any atom is -0.465 e. The SMILES string of the molecule is COC(=O)c1cc(C)sc1NC(=S)Nc1ccc(N(C)C)cc1. The Labute approximate surface area is 145 Å². The van der Waals surface area contributed by atoms with E-state index in [4.69, 9.17) is 17.0 Å². The highest BCUT2D eigenvalue weighted by Gasteiger charge is 2.16. The lowest BCUT2D eigenvalue weighted by Crippen LogP contribution is -2.20. The van der Waals surface area contributed by atoms with Crippen LogP contribution >= 0.6 is 23.6 Å². The molecular formula is C16H19N3O2S2. The van der Waals surface area contributed by atoms with Crippen molar-refractivity contribution >= 4 is 51.0 Å². The van der Waals surface area contributed by atoms with Crippen LogP contribution in [0.2, 0.25) is 0 Å². The number of nitrogens with one attached hydrogen (secondary N) is 2. The van der Waals surface area contributed by atoms with Gasteiger partial charge < -0.3 is 20.3 Å². The summed E-state index contributed by atoms with van der Waals surface area (Å²) >= 11 is 6.77. The summed E-state index contributed by atoms with van der Waals surface area (Å²) in [6.45, 7) is 1.93. The molecule has 0 radical (unpaired) electrons. The molecule has 0 spiro atoms. The zero-order valence-corrected chi connectivity index (χ0v) is 15.1. The number of benzene rings is 1. The van der Waals surface area contributed by atoms with Crippen molar-refractivity contribution in [1.29, 1.82) is 0 Å². The fourth-order valence-electron chi connectivity index (χ4n) is 1.98. The standard InChI is InChI=1S/C16H19N3O2S2/c1-10-9-13(15(20)21-4)14(23-10)18-16(22)17-11-5-7-12(8-6-11)19(2)3/h5-9H,1-4H3,(H2,17,18,22). The summed E-state index contributed by atoms with van der Waals surface area (Å²) in [5, 5.41) is 7.27. The Morgan fingerprint density at radius 1 is 1.22 bits per heavy atom. The monoisotopic (exact) mass is 349 g/mol. The Bertz CT molecular complexity index is 709. The number of hydrogen-bond donors (Lipinski definition) is 2. The maximum absolute atomic E-state index is 11.8. The van der Waals surface area contributed by atoms with Crippen molar-refractivity contribution in [2.75, 3.05) is 36.7 Å². The molecule has 1 aromatic heterocycles. The van der Waals surface area contributed by atoms with Crippen LogP contribution in [0.5, 0.6) is 0 Å². The van der Waals surface area contributed by atoms with E-state index in [1.165, 1.54) is 18.4 Å². The second kappa shape index (κ2) is 7.43. The van der Waals surface area contributed by atoms with Crippen LogP contribution in [0.15, 0.2) is 30.3 Å². The Kier molecular flexibility index (Phi) is 5.57. The largest absolute Gasteiger partial charge is 0.465 e. The van der Waals surface area contributed by atoms with Crippen LogP contribution in [0.4, 0.5) is 16.4 Å². The summed E-state index contributed by atoms with van der Waals surface area (Å²) in [5.41, 5.74) is 2.47. The van der Waals surface area contributed by atoms with Gasteiger partial charge in [0.15, 0.2) is 5.11 Å². The van der Waals surface area contributed by atoms with Gasteiger partial charge in [0.25, 0.3) is 0 Å². The lowest BCUT2D eigenvalue weighted by atomic mass is 10.2. The number of thiocarbonyl (C=S) groups is 1. The van der Waals surface area contributed by atoms with Gasteiger partial charge in [-0.1, -0.05) is 0 Å².